The zero-order chi connectivity index (χ0) is 10.7. The van der Waals surface area contributed by atoms with E-state index in [2.05, 4.69) is 24.4 Å². The van der Waals surface area contributed by atoms with Crippen molar-refractivity contribution >= 4 is 5.69 Å². The predicted octanol–water partition coefficient (Wildman–Crippen LogP) is 2.13. The Morgan fingerprint density at radius 3 is 3.07 bits per heavy atom. The summed E-state index contributed by atoms with van der Waals surface area (Å²) in [6.45, 7) is 3.34. The molecular weight excluding hydrogens is 184 g/mol. The van der Waals surface area contributed by atoms with Crippen molar-refractivity contribution in [1.29, 1.82) is 0 Å². The number of hydrogen-bond acceptors (Lipinski definition) is 2. The molecule has 1 aliphatic rings. The van der Waals surface area contributed by atoms with Crippen molar-refractivity contribution in [1.82, 2.24) is 5.32 Å². The largest absolute Gasteiger partial charge is 0.399 e. The number of hydrogen-bond donors (Lipinski definition) is 2. The molecule has 3 N–H and O–H groups in total. The fraction of sp³-hybridized carbons (Fsp3) is 0.538. The SMILES string of the molecule is CCCNC1CCc2ccc(N)cc2C1. The molecule has 82 valence electrons. The van der Waals surface area contributed by atoms with E-state index in [9.17, 15) is 0 Å². The Hall–Kier alpha value is -1.02. The molecule has 0 saturated heterocycles. The highest BCUT2D eigenvalue weighted by molar-refractivity contribution is 5.46. The first kappa shape index (κ1) is 10.5. The number of anilines is 1. The number of nitrogen functional groups attached to an aromatic ring is 1. The van der Waals surface area contributed by atoms with E-state index in [1.54, 1.807) is 0 Å². The quantitative estimate of drug-likeness (QED) is 0.740. The molecule has 0 aromatic heterocycles. The predicted molar refractivity (Wildman–Crippen MR) is 65.0 cm³/mol. The van der Waals surface area contributed by atoms with Crippen LogP contribution < -0.4 is 11.1 Å². The Kier molecular flexibility index (Phi) is 3.27. The molecule has 0 fully saturated rings. The molecule has 1 atom stereocenters. The van der Waals surface area contributed by atoms with Crippen LogP contribution in [0.4, 0.5) is 5.69 Å². The summed E-state index contributed by atoms with van der Waals surface area (Å²) in [4.78, 5) is 0. The molecule has 1 aromatic rings. The highest BCUT2D eigenvalue weighted by Gasteiger charge is 2.17. The second-order valence-electron chi connectivity index (χ2n) is 4.42. The third kappa shape index (κ3) is 2.51. The minimum atomic E-state index is 0.652. The van der Waals surface area contributed by atoms with Gasteiger partial charge in [-0.15, -0.1) is 0 Å². The van der Waals surface area contributed by atoms with Gasteiger partial charge in [0.25, 0.3) is 0 Å². The summed E-state index contributed by atoms with van der Waals surface area (Å²) in [6, 6.07) is 6.98. The fourth-order valence-electron chi connectivity index (χ4n) is 2.30. The minimum absolute atomic E-state index is 0.652. The van der Waals surface area contributed by atoms with E-state index in [0.717, 1.165) is 18.7 Å². The number of fused-ring (bicyclic) bond motifs is 1. The Bertz CT molecular complexity index is 333. The number of nitrogens with one attached hydrogen (secondary N) is 1. The summed E-state index contributed by atoms with van der Waals surface area (Å²) in [5.74, 6) is 0. The van der Waals surface area contributed by atoms with Gasteiger partial charge >= 0.3 is 0 Å². The molecule has 15 heavy (non-hydrogen) atoms. The van der Waals surface area contributed by atoms with Gasteiger partial charge in [0.05, 0.1) is 0 Å². The molecule has 2 heteroatoms. The molecule has 2 rings (SSSR count). The van der Waals surface area contributed by atoms with Gasteiger partial charge in [0.15, 0.2) is 0 Å². The van der Waals surface area contributed by atoms with Crippen molar-refractivity contribution in [2.24, 2.45) is 0 Å². The van der Waals surface area contributed by atoms with Crippen LogP contribution in [-0.2, 0) is 12.8 Å². The van der Waals surface area contributed by atoms with E-state index in [1.807, 2.05) is 6.07 Å². The summed E-state index contributed by atoms with van der Waals surface area (Å²) < 4.78 is 0. The highest BCUT2D eigenvalue weighted by atomic mass is 14.9. The molecule has 0 saturated carbocycles. The van der Waals surface area contributed by atoms with Gasteiger partial charge in [0.2, 0.25) is 0 Å². The third-order valence-electron chi connectivity index (χ3n) is 3.14. The van der Waals surface area contributed by atoms with Crippen LogP contribution >= 0.6 is 0 Å². The molecule has 0 bridgehead atoms. The Morgan fingerprint density at radius 2 is 2.27 bits per heavy atom. The van der Waals surface area contributed by atoms with Crippen LogP contribution in [0, 0.1) is 0 Å². The second kappa shape index (κ2) is 4.67. The fourth-order valence-corrected chi connectivity index (χ4v) is 2.30. The molecule has 2 nitrogen and oxygen atoms in total. The molecule has 1 unspecified atom stereocenters. The molecule has 0 amide bonds. The summed E-state index contributed by atoms with van der Waals surface area (Å²) in [6.07, 6.45) is 4.80. The Labute approximate surface area is 91.9 Å². The van der Waals surface area contributed by atoms with Crippen LogP contribution in [0.25, 0.3) is 0 Å². The van der Waals surface area contributed by atoms with Gasteiger partial charge < -0.3 is 11.1 Å². The van der Waals surface area contributed by atoms with E-state index in [1.165, 1.54) is 30.4 Å². The number of rotatable bonds is 3. The van der Waals surface area contributed by atoms with Crippen LogP contribution in [0.1, 0.15) is 30.9 Å². The lowest BCUT2D eigenvalue weighted by molar-refractivity contribution is 0.459. The molecular formula is C13H20N2. The summed E-state index contributed by atoms with van der Waals surface area (Å²) in [5, 5.41) is 3.59. The average molecular weight is 204 g/mol. The van der Waals surface area contributed by atoms with Gasteiger partial charge in [-0.2, -0.15) is 0 Å². The Balaban J connectivity index is 2.05. The van der Waals surface area contributed by atoms with Crippen LogP contribution in [0.15, 0.2) is 18.2 Å². The lowest BCUT2D eigenvalue weighted by Crippen LogP contribution is -2.34. The van der Waals surface area contributed by atoms with Gasteiger partial charge in [-0.3, -0.25) is 0 Å². The standard InChI is InChI=1S/C13H20N2/c1-2-7-15-13-6-4-10-3-5-12(14)8-11(10)9-13/h3,5,8,13,15H,2,4,6-7,9,14H2,1H3. The number of benzene rings is 1. The summed E-state index contributed by atoms with van der Waals surface area (Å²) in [7, 11) is 0. The molecule has 1 aromatic carbocycles. The molecule has 0 radical (unpaired) electrons. The van der Waals surface area contributed by atoms with Crippen molar-refractivity contribution < 1.29 is 0 Å². The van der Waals surface area contributed by atoms with Crippen molar-refractivity contribution in [3.05, 3.63) is 29.3 Å². The maximum absolute atomic E-state index is 5.81. The van der Waals surface area contributed by atoms with E-state index < -0.39 is 0 Å². The first-order valence-corrected chi connectivity index (χ1v) is 5.90. The monoisotopic (exact) mass is 204 g/mol. The second-order valence-corrected chi connectivity index (χ2v) is 4.42. The third-order valence-corrected chi connectivity index (χ3v) is 3.14. The molecule has 0 heterocycles. The Morgan fingerprint density at radius 1 is 1.40 bits per heavy atom. The lowest BCUT2D eigenvalue weighted by Gasteiger charge is -2.25. The van der Waals surface area contributed by atoms with Gasteiger partial charge in [-0.05, 0) is 55.5 Å². The summed E-state index contributed by atoms with van der Waals surface area (Å²) >= 11 is 0. The molecule has 1 aliphatic carbocycles. The topological polar surface area (TPSA) is 38.0 Å². The van der Waals surface area contributed by atoms with Crippen LogP contribution in [0.5, 0.6) is 0 Å². The number of nitrogens with two attached hydrogens (primary N) is 1. The van der Waals surface area contributed by atoms with E-state index in [-0.39, 0.29) is 0 Å². The van der Waals surface area contributed by atoms with Crippen molar-refractivity contribution in [3.63, 3.8) is 0 Å². The first-order valence-electron chi connectivity index (χ1n) is 5.90. The normalized spacial score (nSPS) is 19.9. The van der Waals surface area contributed by atoms with Crippen molar-refractivity contribution in [2.45, 2.75) is 38.6 Å². The van der Waals surface area contributed by atoms with E-state index in [0.29, 0.717) is 6.04 Å². The maximum atomic E-state index is 5.81. The van der Waals surface area contributed by atoms with Gasteiger partial charge in [0.1, 0.15) is 0 Å². The number of aryl methyl sites for hydroxylation is 1. The maximum Gasteiger partial charge on any atom is 0.0316 e. The van der Waals surface area contributed by atoms with Crippen LogP contribution in [-0.4, -0.2) is 12.6 Å². The van der Waals surface area contributed by atoms with E-state index >= 15 is 0 Å². The van der Waals surface area contributed by atoms with Crippen molar-refractivity contribution in [2.75, 3.05) is 12.3 Å². The van der Waals surface area contributed by atoms with Gasteiger partial charge in [0, 0.05) is 11.7 Å². The molecule has 0 aliphatic heterocycles. The average Bonchev–Trinajstić information content (AvgIpc) is 2.25. The van der Waals surface area contributed by atoms with Gasteiger partial charge in [-0.1, -0.05) is 13.0 Å². The zero-order valence-electron chi connectivity index (χ0n) is 9.42. The first-order chi connectivity index (χ1) is 7.29. The minimum Gasteiger partial charge on any atom is -0.399 e. The zero-order valence-corrected chi connectivity index (χ0v) is 9.42. The van der Waals surface area contributed by atoms with Crippen molar-refractivity contribution in [3.8, 4) is 0 Å². The van der Waals surface area contributed by atoms with E-state index in [4.69, 9.17) is 5.73 Å². The van der Waals surface area contributed by atoms with Crippen LogP contribution in [0.3, 0.4) is 0 Å². The summed E-state index contributed by atoms with van der Waals surface area (Å²) in [5.41, 5.74) is 9.63. The van der Waals surface area contributed by atoms with Crippen LogP contribution in [0.2, 0.25) is 0 Å². The lowest BCUT2D eigenvalue weighted by atomic mass is 9.88. The van der Waals surface area contributed by atoms with Gasteiger partial charge in [-0.25, -0.2) is 0 Å². The highest BCUT2D eigenvalue weighted by Crippen LogP contribution is 2.23. The molecule has 0 spiro atoms. The smallest absolute Gasteiger partial charge is 0.0316 e.